The first-order valence-corrected chi connectivity index (χ1v) is 7.80. The van der Waals surface area contributed by atoms with Crippen molar-refractivity contribution >= 4 is 12.0 Å². The molecule has 1 heterocycles. The van der Waals surface area contributed by atoms with Crippen molar-refractivity contribution in [3.05, 3.63) is 0 Å². The molecular formula is C15H26N2O3. The number of nitrogens with one attached hydrogen (secondary N) is 1. The number of likely N-dealkylation sites (tertiary alicyclic amines) is 1. The van der Waals surface area contributed by atoms with Crippen molar-refractivity contribution in [2.45, 2.75) is 64.5 Å². The van der Waals surface area contributed by atoms with Crippen molar-refractivity contribution in [3.63, 3.8) is 0 Å². The molecule has 0 aromatic heterocycles. The summed E-state index contributed by atoms with van der Waals surface area (Å²) in [5.41, 5.74) is 0. The molecule has 0 aromatic rings. The fraction of sp³-hybridized carbons (Fsp3) is 0.867. The first-order chi connectivity index (χ1) is 9.50. The van der Waals surface area contributed by atoms with Gasteiger partial charge < -0.3 is 15.3 Å². The fourth-order valence-corrected chi connectivity index (χ4v) is 3.49. The molecule has 0 radical (unpaired) electrons. The number of hydrogen-bond acceptors (Lipinski definition) is 2. The van der Waals surface area contributed by atoms with Crippen LogP contribution >= 0.6 is 0 Å². The van der Waals surface area contributed by atoms with Crippen LogP contribution in [0.15, 0.2) is 0 Å². The number of urea groups is 1. The van der Waals surface area contributed by atoms with Gasteiger partial charge in [-0.1, -0.05) is 12.8 Å². The molecule has 1 aliphatic heterocycles. The second-order valence-corrected chi connectivity index (χ2v) is 6.31. The van der Waals surface area contributed by atoms with Gasteiger partial charge in [0.25, 0.3) is 0 Å². The maximum absolute atomic E-state index is 12.4. The van der Waals surface area contributed by atoms with E-state index in [4.69, 9.17) is 5.11 Å². The summed E-state index contributed by atoms with van der Waals surface area (Å²) in [4.78, 5) is 25.3. The summed E-state index contributed by atoms with van der Waals surface area (Å²) in [5, 5.41) is 11.9. The Labute approximate surface area is 120 Å². The van der Waals surface area contributed by atoms with Crippen LogP contribution in [0.2, 0.25) is 0 Å². The van der Waals surface area contributed by atoms with Gasteiger partial charge in [0.1, 0.15) is 0 Å². The Morgan fingerprint density at radius 2 is 1.80 bits per heavy atom. The highest BCUT2D eigenvalue weighted by Gasteiger charge is 2.36. The van der Waals surface area contributed by atoms with Crippen molar-refractivity contribution < 1.29 is 14.7 Å². The summed E-state index contributed by atoms with van der Waals surface area (Å²) >= 11 is 0. The third-order valence-electron chi connectivity index (χ3n) is 4.99. The van der Waals surface area contributed by atoms with Gasteiger partial charge in [0, 0.05) is 18.6 Å². The zero-order valence-electron chi connectivity index (χ0n) is 12.5. The third kappa shape index (κ3) is 3.25. The molecule has 0 aromatic carbocycles. The molecule has 0 spiro atoms. The number of aliphatic carboxylic acids is 1. The second kappa shape index (κ2) is 6.46. The lowest BCUT2D eigenvalue weighted by Gasteiger charge is -2.31. The Kier molecular flexibility index (Phi) is 4.89. The van der Waals surface area contributed by atoms with E-state index in [1.807, 2.05) is 4.90 Å². The van der Waals surface area contributed by atoms with E-state index < -0.39 is 11.9 Å². The molecule has 2 amide bonds. The van der Waals surface area contributed by atoms with E-state index >= 15 is 0 Å². The number of carboxylic acid groups (broad SMARTS) is 1. The Bertz CT molecular complexity index is 366. The number of carboxylic acids is 1. The number of nitrogens with zero attached hydrogens (tertiary/aromatic N) is 1. The van der Waals surface area contributed by atoms with E-state index in [2.05, 4.69) is 5.32 Å². The van der Waals surface area contributed by atoms with Gasteiger partial charge in [0.15, 0.2) is 0 Å². The van der Waals surface area contributed by atoms with Gasteiger partial charge >= 0.3 is 12.0 Å². The monoisotopic (exact) mass is 282 g/mol. The number of hydrogen-bond donors (Lipinski definition) is 2. The SMILES string of the molecule is CC(NC(=O)N1CCCC1C1CCCC1)C(C)C(=O)O. The molecule has 2 aliphatic rings. The van der Waals surface area contributed by atoms with Gasteiger partial charge in [0.05, 0.1) is 5.92 Å². The standard InChI is InChI=1S/C15H26N2O3/c1-10(14(18)19)11(2)16-15(20)17-9-5-8-13(17)12-6-3-4-7-12/h10-13H,3-9H2,1-2H3,(H,16,20)(H,18,19). The van der Waals surface area contributed by atoms with Crippen molar-refractivity contribution in [1.82, 2.24) is 10.2 Å². The average molecular weight is 282 g/mol. The maximum Gasteiger partial charge on any atom is 0.317 e. The Morgan fingerprint density at radius 3 is 2.40 bits per heavy atom. The topological polar surface area (TPSA) is 69.6 Å². The molecule has 114 valence electrons. The van der Waals surface area contributed by atoms with E-state index in [9.17, 15) is 9.59 Å². The summed E-state index contributed by atoms with van der Waals surface area (Å²) in [6.07, 6.45) is 7.19. The lowest BCUT2D eigenvalue weighted by molar-refractivity contribution is -0.141. The van der Waals surface area contributed by atoms with E-state index in [0.29, 0.717) is 12.0 Å². The number of amides is 2. The fourth-order valence-electron chi connectivity index (χ4n) is 3.49. The summed E-state index contributed by atoms with van der Waals surface area (Å²) in [6, 6.07) is -0.0605. The molecule has 3 unspecified atom stereocenters. The van der Waals surface area contributed by atoms with Crippen molar-refractivity contribution in [2.75, 3.05) is 6.54 Å². The first kappa shape index (κ1) is 15.1. The lowest BCUT2D eigenvalue weighted by atomic mass is 9.96. The van der Waals surface area contributed by atoms with Gasteiger partial charge in [-0.05, 0) is 45.4 Å². The average Bonchev–Trinajstić information content (AvgIpc) is 3.07. The number of carbonyl (C=O) groups is 2. The Morgan fingerprint density at radius 1 is 1.15 bits per heavy atom. The molecule has 20 heavy (non-hydrogen) atoms. The molecule has 5 heteroatoms. The van der Waals surface area contributed by atoms with Crippen LogP contribution in [0.25, 0.3) is 0 Å². The van der Waals surface area contributed by atoms with Gasteiger partial charge in [0.2, 0.25) is 0 Å². The minimum absolute atomic E-state index is 0.0833. The molecule has 2 fully saturated rings. The summed E-state index contributed by atoms with van der Waals surface area (Å²) in [5.74, 6) is -0.784. The summed E-state index contributed by atoms with van der Waals surface area (Å²) in [7, 11) is 0. The van der Waals surface area contributed by atoms with E-state index in [1.54, 1.807) is 13.8 Å². The molecule has 2 rings (SSSR count). The number of rotatable bonds is 4. The highest BCUT2D eigenvalue weighted by atomic mass is 16.4. The second-order valence-electron chi connectivity index (χ2n) is 6.31. The molecule has 5 nitrogen and oxygen atoms in total. The largest absolute Gasteiger partial charge is 0.481 e. The minimum Gasteiger partial charge on any atom is -0.481 e. The van der Waals surface area contributed by atoms with Gasteiger partial charge in [-0.3, -0.25) is 4.79 Å². The zero-order chi connectivity index (χ0) is 14.7. The van der Waals surface area contributed by atoms with Crippen LogP contribution < -0.4 is 5.32 Å². The third-order valence-corrected chi connectivity index (χ3v) is 4.99. The van der Waals surface area contributed by atoms with Crippen LogP contribution in [0.3, 0.4) is 0 Å². The van der Waals surface area contributed by atoms with Crippen LogP contribution in [0.5, 0.6) is 0 Å². The lowest BCUT2D eigenvalue weighted by Crippen LogP contribution is -2.50. The zero-order valence-corrected chi connectivity index (χ0v) is 12.5. The predicted molar refractivity (Wildman–Crippen MR) is 76.5 cm³/mol. The Balaban J connectivity index is 1.92. The van der Waals surface area contributed by atoms with E-state index in [0.717, 1.165) is 19.4 Å². The molecule has 2 N–H and O–H groups in total. The van der Waals surface area contributed by atoms with Crippen LogP contribution in [0.1, 0.15) is 52.4 Å². The maximum atomic E-state index is 12.4. The molecule has 1 saturated heterocycles. The highest BCUT2D eigenvalue weighted by Crippen LogP contribution is 2.35. The van der Waals surface area contributed by atoms with Crippen molar-refractivity contribution in [2.24, 2.45) is 11.8 Å². The summed E-state index contributed by atoms with van der Waals surface area (Å²) in [6.45, 7) is 4.20. The molecule has 1 saturated carbocycles. The van der Waals surface area contributed by atoms with Crippen LogP contribution in [0.4, 0.5) is 4.79 Å². The highest BCUT2D eigenvalue weighted by molar-refractivity contribution is 5.77. The van der Waals surface area contributed by atoms with Crippen LogP contribution in [0, 0.1) is 11.8 Å². The van der Waals surface area contributed by atoms with E-state index in [1.165, 1.54) is 25.7 Å². The first-order valence-electron chi connectivity index (χ1n) is 7.80. The molecule has 1 aliphatic carbocycles. The summed E-state index contributed by atoms with van der Waals surface area (Å²) < 4.78 is 0. The molecular weight excluding hydrogens is 256 g/mol. The molecule has 0 bridgehead atoms. The predicted octanol–water partition coefficient (Wildman–Crippen LogP) is 2.46. The van der Waals surface area contributed by atoms with Crippen molar-refractivity contribution in [1.29, 1.82) is 0 Å². The Hall–Kier alpha value is -1.26. The number of carbonyl (C=O) groups excluding carboxylic acids is 1. The van der Waals surface area contributed by atoms with Gasteiger partial charge in [-0.15, -0.1) is 0 Å². The molecule has 3 atom stereocenters. The smallest absolute Gasteiger partial charge is 0.317 e. The van der Waals surface area contributed by atoms with Crippen molar-refractivity contribution in [3.8, 4) is 0 Å². The minimum atomic E-state index is -0.869. The van der Waals surface area contributed by atoms with Crippen LogP contribution in [-0.2, 0) is 4.79 Å². The quantitative estimate of drug-likeness (QED) is 0.832. The normalized spacial score (nSPS) is 26.5. The van der Waals surface area contributed by atoms with Gasteiger partial charge in [-0.2, -0.15) is 0 Å². The van der Waals surface area contributed by atoms with Crippen LogP contribution in [-0.4, -0.2) is 40.6 Å². The van der Waals surface area contributed by atoms with E-state index in [-0.39, 0.29) is 12.1 Å². The van der Waals surface area contributed by atoms with Gasteiger partial charge in [-0.25, -0.2) is 4.79 Å².